The molecular weight excluding hydrogens is 350 g/mol. The molecule has 21 heavy (non-hydrogen) atoms. The highest BCUT2D eigenvalue weighted by molar-refractivity contribution is 9.10. The lowest BCUT2D eigenvalue weighted by Crippen LogP contribution is -2.26. The Morgan fingerprint density at radius 3 is 2.76 bits per heavy atom. The Bertz CT molecular complexity index is 595. The highest BCUT2D eigenvalue weighted by Crippen LogP contribution is 2.28. The quantitative estimate of drug-likeness (QED) is 0.793. The third kappa shape index (κ3) is 4.09. The van der Waals surface area contributed by atoms with E-state index in [0.29, 0.717) is 6.04 Å². The summed E-state index contributed by atoms with van der Waals surface area (Å²) in [6, 6.07) is 8.56. The van der Waals surface area contributed by atoms with Gasteiger partial charge in [0.1, 0.15) is 0 Å². The fourth-order valence-electron chi connectivity index (χ4n) is 2.50. The first-order valence-electron chi connectivity index (χ1n) is 7.23. The highest BCUT2D eigenvalue weighted by Gasteiger charge is 2.21. The van der Waals surface area contributed by atoms with E-state index in [2.05, 4.69) is 57.9 Å². The molecule has 1 heterocycles. The first-order valence-corrected chi connectivity index (χ1v) is 8.40. The summed E-state index contributed by atoms with van der Waals surface area (Å²) in [5.74, 6) is 0. The number of hydrogen-bond acceptors (Lipinski definition) is 2. The number of aromatic nitrogens is 2. The van der Waals surface area contributed by atoms with Crippen molar-refractivity contribution in [1.82, 2.24) is 15.1 Å². The van der Waals surface area contributed by atoms with E-state index in [4.69, 9.17) is 11.6 Å². The van der Waals surface area contributed by atoms with Gasteiger partial charge in [-0.1, -0.05) is 30.7 Å². The van der Waals surface area contributed by atoms with Gasteiger partial charge in [-0.3, -0.25) is 4.68 Å². The van der Waals surface area contributed by atoms with Crippen molar-refractivity contribution in [2.24, 2.45) is 0 Å². The van der Waals surface area contributed by atoms with Gasteiger partial charge in [0, 0.05) is 11.1 Å². The normalized spacial score (nSPS) is 12.9. The van der Waals surface area contributed by atoms with Crippen molar-refractivity contribution in [3.63, 3.8) is 0 Å². The molecule has 0 aliphatic rings. The number of hydrogen-bond donors (Lipinski definition) is 1. The van der Waals surface area contributed by atoms with E-state index < -0.39 is 0 Å². The molecule has 1 aromatic heterocycles. The summed E-state index contributed by atoms with van der Waals surface area (Å²) in [7, 11) is 0. The fraction of sp³-hybridized carbons (Fsp3) is 0.438. The molecule has 1 unspecified atom stereocenters. The lowest BCUT2D eigenvalue weighted by Gasteiger charge is -2.22. The van der Waals surface area contributed by atoms with Crippen LogP contribution in [0.2, 0.25) is 5.02 Å². The van der Waals surface area contributed by atoms with Crippen molar-refractivity contribution in [3.05, 3.63) is 51.2 Å². The minimum atomic E-state index is 0.202. The van der Waals surface area contributed by atoms with Gasteiger partial charge >= 0.3 is 0 Å². The average molecular weight is 371 g/mol. The van der Waals surface area contributed by atoms with Crippen LogP contribution in [-0.2, 0) is 6.42 Å². The molecule has 5 heteroatoms. The van der Waals surface area contributed by atoms with Crippen LogP contribution in [0.15, 0.2) is 34.9 Å². The van der Waals surface area contributed by atoms with Crippen LogP contribution in [-0.4, -0.2) is 16.3 Å². The van der Waals surface area contributed by atoms with E-state index in [1.165, 1.54) is 11.3 Å². The Kier molecular flexibility index (Phi) is 5.85. The zero-order valence-corrected chi connectivity index (χ0v) is 14.9. The van der Waals surface area contributed by atoms with Crippen molar-refractivity contribution < 1.29 is 0 Å². The van der Waals surface area contributed by atoms with Crippen molar-refractivity contribution in [3.8, 4) is 0 Å². The Morgan fingerprint density at radius 2 is 2.14 bits per heavy atom. The maximum Gasteiger partial charge on any atom is 0.0702 e. The lowest BCUT2D eigenvalue weighted by atomic mass is 10.0. The molecule has 0 bridgehead atoms. The van der Waals surface area contributed by atoms with Gasteiger partial charge in [-0.2, -0.15) is 5.10 Å². The largest absolute Gasteiger partial charge is 0.309 e. The molecule has 0 radical (unpaired) electrons. The summed E-state index contributed by atoms with van der Waals surface area (Å²) in [4.78, 5) is 0. The molecule has 1 atom stereocenters. The predicted molar refractivity (Wildman–Crippen MR) is 91.9 cm³/mol. The molecule has 3 nitrogen and oxygen atoms in total. The summed E-state index contributed by atoms with van der Waals surface area (Å²) in [6.45, 7) is 7.31. The number of nitrogens with zero attached hydrogens (tertiary/aromatic N) is 2. The Hall–Kier alpha value is -0.840. The van der Waals surface area contributed by atoms with Gasteiger partial charge in [0.15, 0.2) is 0 Å². The van der Waals surface area contributed by atoms with Gasteiger partial charge in [0.25, 0.3) is 0 Å². The molecule has 0 spiro atoms. The molecule has 0 amide bonds. The number of likely N-dealkylation sites (N-methyl/N-ethyl adjacent to an activating group) is 1. The first kappa shape index (κ1) is 16.5. The topological polar surface area (TPSA) is 29.9 Å². The van der Waals surface area contributed by atoms with E-state index in [1.807, 2.05) is 24.4 Å². The third-order valence-corrected chi connectivity index (χ3v) is 4.23. The van der Waals surface area contributed by atoms with Crippen molar-refractivity contribution >= 4 is 27.5 Å². The maximum atomic E-state index is 6.10. The van der Waals surface area contributed by atoms with Crippen molar-refractivity contribution in [1.29, 1.82) is 0 Å². The van der Waals surface area contributed by atoms with Crippen LogP contribution in [0.3, 0.4) is 0 Å². The second-order valence-electron chi connectivity index (χ2n) is 5.36. The van der Waals surface area contributed by atoms with Crippen LogP contribution in [0, 0.1) is 0 Å². The predicted octanol–water partition coefficient (Wildman–Crippen LogP) is 4.77. The lowest BCUT2D eigenvalue weighted by molar-refractivity contribution is 0.446. The monoisotopic (exact) mass is 369 g/mol. The maximum absolute atomic E-state index is 6.10. The van der Waals surface area contributed by atoms with Crippen molar-refractivity contribution in [2.45, 2.75) is 39.3 Å². The first-order chi connectivity index (χ1) is 10.0. The zero-order valence-electron chi connectivity index (χ0n) is 12.6. The fourth-order valence-corrected chi connectivity index (χ4v) is 3.26. The Morgan fingerprint density at radius 1 is 1.38 bits per heavy atom. The highest BCUT2D eigenvalue weighted by atomic mass is 79.9. The number of halogens is 2. The van der Waals surface area contributed by atoms with Gasteiger partial charge in [-0.25, -0.2) is 0 Å². The summed E-state index contributed by atoms with van der Waals surface area (Å²) in [6.07, 6.45) is 2.75. The van der Waals surface area contributed by atoms with E-state index >= 15 is 0 Å². The van der Waals surface area contributed by atoms with E-state index in [-0.39, 0.29) is 6.04 Å². The Balaban J connectivity index is 2.33. The standard InChI is InChI=1S/C16H21BrClN3/c1-4-19-15(9-12-6-5-7-13(18)8-12)16-14(17)10-20-21(16)11(2)3/h5-8,10-11,15,19H,4,9H2,1-3H3. The number of benzene rings is 1. The average Bonchev–Trinajstić information content (AvgIpc) is 2.80. The van der Waals surface area contributed by atoms with E-state index in [1.54, 1.807) is 0 Å². The third-order valence-electron chi connectivity index (χ3n) is 3.39. The van der Waals surface area contributed by atoms with E-state index in [0.717, 1.165) is 22.5 Å². The molecule has 0 saturated carbocycles. The van der Waals surface area contributed by atoms with E-state index in [9.17, 15) is 0 Å². The van der Waals surface area contributed by atoms with Crippen LogP contribution in [0.25, 0.3) is 0 Å². The van der Waals surface area contributed by atoms with Gasteiger partial charge in [0.05, 0.1) is 22.4 Å². The number of rotatable bonds is 6. The molecule has 2 aromatic rings. The zero-order chi connectivity index (χ0) is 15.4. The van der Waals surface area contributed by atoms with Gasteiger partial charge in [-0.05, 0) is 60.4 Å². The molecule has 0 saturated heterocycles. The molecule has 0 fully saturated rings. The molecular formula is C16H21BrClN3. The summed E-state index contributed by atoms with van der Waals surface area (Å²) < 4.78 is 3.12. The summed E-state index contributed by atoms with van der Waals surface area (Å²) >= 11 is 9.73. The summed E-state index contributed by atoms with van der Waals surface area (Å²) in [5.41, 5.74) is 2.41. The molecule has 0 aliphatic carbocycles. The van der Waals surface area contributed by atoms with Gasteiger partial charge < -0.3 is 5.32 Å². The van der Waals surface area contributed by atoms with Crippen LogP contribution in [0.5, 0.6) is 0 Å². The van der Waals surface area contributed by atoms with Gasteiger partial charge in [0.2, 0.25) is 0 Å². The molecule has 1 N–H and O–H groups in total. The van der Waals surface area contributed by atoms with Crippen LogP contribution in [0.1, 0.15) is 44.1 Å². The van der Waals surface area contributed by atoms with Crippen LogP contribution < -0.4 is 5.32 Å². The smallest absolute Gasteiger partial charge is 0.0702 e. The van der Waals surface area contributed by atoms with Crippen LogP contribution in [0.4, 0.5) is 0 Å². The molecule has 0 aliphatic heterocycles. The minimum absolute atomic E-state index is 0.202. The Labute approximate surface area is 139 Å². The second kappa shape index (κ2) is 7.43. The molecule has 114 valence electrons. The van der Waals surface area contributed by atoms with Gasteiger partial charge in [-0.15, -0.1) is 0 Å². The van der Waals surface area contributed by atoms with Crippen LogP contribution >= 0.6 is 27.5 Å². The molecule has 2 rings (SSSR count). The molecule has 1 aromatic carbocycles. The SMILES string of the molecule is CCNC(Cc1cccc(Cl)c1)c1c(Br)cnn1C(C)C. The second-order valence-corrected chi connectivity index (χ2v) is 6.65. The summed E-state index contributed by atoms with van der Waals surface area (Å²) in [5, 5.41) is 8.81. The minimum Gasteiger partial charge on any atom is -0.309 e. The van der Waals surface area contributed by atoms with Crippen molar-refractivity contribution in [2.75, 3.05) is 6.54 Å². The number of nitrogens with one attached hydrogen (secondary N) is 1.